The van der Waals surface area contributed by atoms with Gasteiger partial charge in [0.2, 0.25) is 5.76 Å². The van der Waals surface area contributed by atoms with Gasteiger partial charge in [-0.3, -0.25) is 4.57 Å². The van der Waals surface area contributed by atoms with Crippen molar-refractivity contribution in [1.82, 2.24) is 14.8 Å². The van der Waals surface area contributed by atoms with Gasteiger partial charge in [0.15, 0.2) is 11.0 Å². The number of rotatable bonds is 7. The number of methoxy groups -OCH3 is 1. The van der Waals surface area contributed by atoms with Gasteiger partial charge in [0.1, 0.15) is 11.5 Å². The van der Waals surface area contributed by atoms with Crippen molar-refractivity contribution in [2.24, 2.45) is 0 Å². The minimum absolute atomic E-state index is 0.0885. The first-order valence-electron chi connectivity index (χ1n) is 9.28. The lowest BCUT2D eigenvalue weighted by molar-refractivity contribution is -0.137. The first-order chi connectivity index (χ1) is 15.3. The Bertz CT molecular complexity index is 1200. The zero-order chi connectivity index (χ0) is 22.7. The van der Waals surface area contributed by atoms with Crippen molar-refractivity contribution in [3.05, 3.63) is 77.6 Å². The molecule has 0 radical (unpaired) electrons. The molecule has 0 aliphatic rings. The molecule has 0 aliphatic heterocycles. The third kappa shape index (κ3) is 4.72. The van der Waals surface area contributed by atoms with E-state index >= 15 is 0 Å². The number of thioether (sulfide) groups is 1. The third-order valence-electron chi connectivity index (χ3n) is 4.47. The molecular weight excluding hydrogens is 447 g/mol. The number of alkyl halides is 3. The van der Waals surface area contributed by atoms with Gasteiger partial charge < -0.3 is 13.6 Å². The summed E-state index contributed by atoms with van der Waals surface area (Å²) in [5, 5.41) is 8.89. The number of hydrogen-bond donors (Lipinski definition) is 0. The third-order valence-corrected chi connectivity index (χ3v) is 5.46. The zero-order valence-corrected chi connectivity index (χ0v) is 17.4. The number of hydrogen-bond acceptors (Lipinski definition) is 7. The Balaban J connectivity index is 1.60. The van der Waals surface area contributed by atoms with E-state index in [2.05, 4.69) is 14.9 Å². The van der Waals surface area contributed by atoms with Gasteiger partial charge in [-0.05, 0) is 36.4 Å². The maximum Gasteiger partial charge on any atom is 0.416 e. The number of benzene rings is 1. The predicted octanol–water partition coefficient (Wildman–Crippen LogP) is 5.28. The van der Waals surface area contributed by atoms with Crippen LogP contribution in [0.5, 0.6) is 0 Å². The molecule has 7 nitrogen and oxygen atoms in total. The Morgan fingerprint density at radius 2 is 1.88 bits per heavy atom. The summed E-state index contributed by atoms with van der Waals surface area (Å²) in [6, 6.07) is 11.4. The normalized spacial score (nSPS) is 11.6. The van der Waals surface area contributed by atoms with Gasteiger partial charge in [-0.25, -0.2) is 4.79 Å². The molecule has 4 aromatic rings. The van der Waals surface area contributed by atoms with Crippen molar-refractivity contribution in [3.63, 3.8) is 0 Å². The molecular formula is C21H16F3N3O4S. The molecule has 11 heteroatoms. The van der Waals surface area contributed by atoms with Crippen LogP contribution in [-0.2, 0) is 23.2 Å². The number of esters is 1. The van der Waals surface area contributed by atoms with Crippen LogP contribution in [0.15, 0.2) is 68.8 Å². The van der Waals surface area contributed by atoms with Crippen molar-refractivity contribution >= 4 is 17.7 Å². The summed E-state index contributed by atoms with van der Waals surface area (Å²) < 4.78 is 56.0. The summed E-state index contributed by atoms with van der Waals surface area (Å²) in [6.45, 7) is 0.282. The monoisotopic (exact) mass is 463 g/mol. The van der Waals surface area contributed by atoms with Gasteiger partial charge in [-0.2, -0.15) is 13.2 Å². The molecule has 0 N–H and O–H groups in total. The number of furan rings is 2. The molecule has 3 heterocycles. The van der Waals surface area contributed by atoms with Crippen LogP contribution in [0, 0.1) is 0 Å². The molecule has 32 heavy (non-hydrogen) atoms. The molecule has 166 valence electrons. The van der Waals surface area contributed by atoms with E-state index in [9.17, 15) is 18.0 Å². The number of nitrogens with zero attached hydrogens (tertiary/aromatic N) is 3. The maximum atomic E-state index is 12.9. The largest absolute Gasteiger partial charge is 0.467 e. The number of carbonyl (C=O) groups is 1. The summed E-state index contributed by atoms with van der Waals surface area (Å²) in [7, 11) is 1.26. The van der Waals surface area contributed by atoms with Gasteiger partial charge in [0, 0.05) is 5.56 Å². The van der Waals surface area contributed by atoms with E-state index in [1.807, 2.05) is 0 Å². The van der Waals surface area contributed by atoms with E-state index in [1.54, 1.807) is 22.8 Å². The first-order valence-corrected chi connectivity index (χ1v) is 10.3. The van der Waals surface area contributed by atoms with Crippen molar-refractivity contribution in [2.75, 3.05) is 7.11 Å². The van der Waals surface area contributed by atoms with E-state index in [1.165, 1.54) is 43.3 Å². The van der Waals surface area contributed by atoms with E-state index in [4.69, 9.17) is 8.83 Å². The molecule has 0 unspecified atom stereocenters. The first kappa shape index (κ1) is 21.8. The van der Waals surface area contributed by atoms with Gasteiger partial charge in [0.25, 0.3) is 0 Å². The Morgan fingerprint density at radius 3 is 2.53 bits per heavy atom. The Labute approximate surface area is 184 Å². The lowest BCUT2D eigenvalue weighted by Crippen LogP contribution is -2.06. The molecule has 3 aromatic heterocycles. The number of halogens is 3. The minimum atomic E-state index is -4.42. The van der Waals surface area contributed by atoms with Crippen LogP contribution in [0.3, 0.4) is 0 Å². The molecule has 0 aliphatic carbocycles. The fourth-order valence-electron chi connectivity index (χ4n) is 2.92. The van der Waals surface area contributed by atoms with Gasteiger partial charge in [-0.15, -0.1) is 10.2 Å². The van der Waals surface area contributed by atoms with Crippen LogP contribution in [0.2, 0.25) is 0 Å². The standard InChI is InChI=1S/C21H16F3N3O4S/c1-29-19(28)17-9-8-16(31-17)12-32-20-26-25-18(27(20)11-15-3-2-10-30-15)13-4-6-14(7-5-13)21(22,23)24/h2-10H,11-12H2,1H3. The lowest BCUT2D eigenvalue weighted by Gasteiger charge is -2.10. The molecule has 4 rings (SSSR count). The Morgan fingerprint density at radius 1 is 1.09 bits per heavy atom. The smallest absolute Gasteiger partial charge is 0.416 e. The topological polar surface area (TPSA) is 83.3 Å². The molecule has 0 amide bonds. The van der Waals surface area contributed by atoms with E-state index in [-0.39, 0.29) is 12.3 Å². The van der Waals surface area contributed by atoms with Crippen LogP contribution in [-0.4, -0.2) is 27.8 Å². The molecule has 0 spiro atoms. The number of ether oxygens (including phenoxy) is 1. The SMILES string of the molecule is COC(=O)c1ccc(CSc2nnc(-c3ccc(C(F)(F)F)cc3)n2Cc2ccco2)o1. The lowest BCUT2D eigenvalue weighted by atomic mass is 10.1. The predicted molar refractivity (Wildman–Crippen MR) is 108 cm³/mol. The zero-order valence-electron chi connectivity index (χ0n) is 16.6. The van der Waals surface area contributed by atoms with Crippen molar-refractivity contribution in [1.29, 1.82) is 0 Å². The number of carbonyl (C=O) groups excluding carboxylic acids is 1. The molecule has 0 bridgehead atoms. The highest BCUT2D eigenvalue weighted by Gasteiger charge is 2.30. The average molecular weight is 463 g/mol. The summed E-state index contributed by atoms with van der Waals surface area (Å²) in [4.78, 5) is 11.5. The highest BCUT2D eigenvalue weighted by atomic mass is 32.2. The summed E-state index contributed by atoms with van der Waals surface area (Å²) in [6.07, 6.45) is -2.89. The molecule has 0 saturated heterocycles. The van der Waals surface area contributed by atoms with Crippen molar-refractivity contribution in [2.45, 2.75) is 23.6 Å². The second-order valence-corrected chi connectivity index (χ2v) is 7.54. The summed E-state index contributed by atoms with van der Waals surface area (Å²) >= 11 is 1.30. The molecule has 0 saturated carbocycles. The maximum absolute atomic E-state index is 12.9. The summed E-state index contributed by atoms with van der Waals surface area (Å²) in [5.41, 5.74) is -0.262. The second kappa shape index (κ2) is 8.95. The molecule has 0 atom stereocenters. The minimum Gasteiger partial charge on any atom is -0.467 e. The second-order valence-electron chi connectivity index (χ2n) is 6.59. The van der Waals surface area contributed by atoms with Crippen LogP contribution in [0.4, 0.5) is 13.2 Å². The fourth-order valence-corrected chi connectivity index (χ4v) is 3.75. The van der Waals surface area contributed by atoms with E-state index in [0.717, 1.165) is 12.1 Å². The quantitative estimate of drug-likeness (QED) is 0.272. The van der Waals surface area contributed by atoms with E-state index < -0.39 is 17.7 Å². The highest BCUT2D eigenvalue weighted by Crippen LogP contribution is 2.32. The van der Waals surface area contributed by atoms with Crippen LogP contribution in [0.1, 0.15) is 27.6 Å². The Hall–Kier alpha value is -3.47. The van der Waals surface area contributed by atoms with Crippen LogP contribution in [0.25, 0.3) is 11.4 Å². The van der Waals surface area contributed by atoms with Crippen LogP contribution < -0.4 is 0 Å². The van der Waals surface area contributed by atoms with Gasteiger partial charge in [0.05, 0.1) is 31.2 Å². The molecule has 0 fully saturated rings. The van der Waals surface area contributed by atoms with Crippen molar-refractivity contribution in [3.8, 4) is 11.4 Å². The van der Waals surface area contributed by atoms with Gasteiger partial charge in [-0.1, -0.05) is 23.9 Å². The van der Waals surface area contributed by atoms with E-state index in [0.29, 0.717) is 33.8 Å². The highest BCUT2D eigenvalue weighted by molar-refractivity contribution is 7.98. The summed E-state index contributed by atoms with van der Waals surface area (Å²) in [5.74, 6) is 1.41. The fraction of sp³-hybridized carbons (Fsp3) is 0.190. The molecule has 1 aromatic carbocycles. The Kier molecular flexibility index (Phi) is 6.08. The average Bonchev–Trinajstić information content (AvgIpc) is 3.53. The van der Waals surface area contributed by atoms with Gasteiger partial charge >= 0.3 is 12.1 Å². The number of aromatic nitrogens is 3. The van der Waals surface area contributed by atoms with Crippen molar-refractivity contribution < 1.29 is 31.5 Å². The van der Waals surface area contributed by atoms with Crippen LogP contribution >= 0.6 is 11.8 Å².